The molecule has 2 heteroatoms. The van der Waals surface area contributed by atoms with Gasteiger partial charge < -0.3 is 5.11 Å². The van der Waals surface area contributed by atoms with Gasteiger partial charge >= 0.3 is 0 Å². The Labute approximate surface area is 45.7 Å². The first-order valence-electron chi connectivity index (χ1n) is 2.33. The standard InChI is InChI=1S/C5H12OSi/c1-5(6)7(2,3)4/h6H,1H2,2-4H3. The first-order chi connectivity index (χ1) is 2.94. The lowest BCUT2D eigenvalue weighted by molar-refractivity contribution is 0.447. The summed E-state index contributed by atoms with van der Waals surface area (Å²) in [7, 11) is -1.37. The third-order valence-corrected chi connectivity index (χ3v) is 2.60. The average Bonchev–Trinajstić information content (AvgIpc) is 1.31. The van der Waals surface area contributed by atoms with Crippen molar-refractivity contribution in [3.63, 3.8) is 0 Å². The predicted molar refractivity (Wildman–Crippen MR) is 35.1 cm³/mol. The highest BCUT2D eigenvalue weighted by Crippen LogP contribution is 2.07. The van der Waals surface area contributed by atoms with Crippen molar-refractivity contribution in [3.05, 3.63) is 12.0 Å². The van der Waals surface area contributed by atoms with Crippen LogP contribution in [0.1, 0.15) is 0 Å². The zero-order chi connectivity index (χ0) is 6.08. The van der Waals surface area contributed by atoms with Crippen LogP contribution in [0, 0.1) is 0 Å². The van der Waals surface area contributed by atoms with Crippen LogP contribution in [0.5, 0.6) is 0 Å². The summed E-state index contributed by atoms with van der Waals surface area (Å²) in [6.07, 6.45) is 0. The van der Waals surface area contributed by atoms with Gasteiger partial charge in [-0.1, -0.05) is 26.2 Å². The number of aliphatic hydroxyl groups excluding tert-OH is 1. The van der Waals surface area contributed by atoms with Crippen LogP contribution >= 0.6 is 0 Å². The van der Waals surface area contributed by atoms with Gasteiger partial charge in [0, 0.05) is 0 Å². The molecule has 1 N–H and O–H groups in total. The highest BCUT2D eigenvalue weighted by Gasteiger charge is 2.15. The molecular weight excluding hydrogens is 104 g/mol. The lowest BCUT2D eigenvalue weighted by Gasteiger charge is -2.11. The smallest absolute Gasteiger partial charge is 0.121 e. The summed E-state index contributed by atoms with van der Waals surface area (Å²) in [5, 5.41) is 9.14. The van der Waals surface area contributed by atoms with E-state index in [1.165, 1.54) is 0 Å². The van der Waals surface area contributed by atoms with E-state index in [2.05, 4.69) is 26.2 Å². The lowest BCUT2D eigenvalue weighted by atomic mass is 11.2. The molecule has 0 fully saturated rings. The van der Waals surface area contributed by atoms with Crippen molar-refractivity contribution >= 4 is 8.07 Å². The van der Waals surface area contributed by atoms with Gasteiger partial charge in [-0.25, -0.2) is 0 Å². The van der Waals surface area contributed by atoms with Gasteiger partial charge in [0.15, 0.2) is 0 Å². The fraction of sp³-hybridized carbons (Fsp3) is 0.600. The highest BCUT2D eigenvalue weighted by atomic mass is 28.3. The minimum Gasteiger partial charge on any atom is -0.518 e. The molecule has 7 heavy (non-hydrogen) atoms. The molecule has 0 aliphatic carbocycles. The Bertz CT molecular complexity index is 80.6. The molecule has 0 atom stereocenters. The molecule has 0 spiro atoms. The summed E-state index contributed by atoms with van der Waals surface area (Å²) in [6, 6.07) is 0. The molecule has 0 rings (SSSR count). The van der Waals surface area contributed by atoms with E-state index >= 15 is 0 Å². The van der Waals surface area contributed by atoms with Crippen LogP contribution in [0.25, 0.3) is 0 Å². The Kier molecular flexibility index (Phi) is 1.64. The third-order valence-electron chi connectivity index (χ3n) is 0.866. The van der Waals surface area contributed by atoms with E-state index in [9.17, 15) is 0 Å². The molecule has 0 aromatic heterocycles. The molecule has 0 radical (unpaired) electrons. The molecule has 0 amide bonds. The van der Waals surface area contributed by atoms with Crippen molar-refractivity contribution in [2.75, 3.05) is 0 Å². The van der Waals surface area contributed by atoms with E-state index in [1.807, 2.05) is 0 Å². The summed E-state index contributed by atoms with van der Waals surface area (Å²) >= 11 is 0. The maximum Gasteiger partial charge on any atom is 0.121 e. The van der Waals surface area contributed by atoms with Crippen LogP contribution in [-0.4, -0.2) is 13.2 Å². The largest absolute Gasteiger partial charge is 0.518 e. The summed E-state index contributed by atoms with van der Waals surface area (Å²) < 4.78 is 0. The Morgan fingerprint density at radius 2 is 1.57 bits per heavy atom. The van der Waals surface area contributed by atoms with E-state index in [1.54, 1.807) is 0 Å². The summed E-state index contributed by atoms with van der Waals surface area (Å²) in [5.41, 5.74) is 0. The molecule has 1 nitrogen and oxygen atoms in total. The molecule has 0 bridgehead atoms. The van der Waals surface area contributed by atoms with Gasteiger partial charge in [0.05, 0.1) is 5.38 Å². The zero-order valence-electron chi connectivity index (χ0n) is 5.15. The quantitative estimate of drug-likeness (QED) is 0.410. The van der Waals surface area contributed by atoms with Crippen molar-refractivity contribution in [2.45, 2.75) is 19.6 Å². The van der Waals surface area contributed by atoms with Crippen molar-refractivity contribution in [1.82, 2.24) is 0 Å². The predicted octanol–water partition coefficient (Wildman–Crippen LogP) is 1.94. The zero-order valence-corrected chi connectivity index (χ0v) is 6.15. The molecule has 0 heterocycles. The molecule has 0 aliphatic heterocycles. The van der Waals surface area contributed by atoms with Gasteiger partial charge in [0.1, 0.15) is 8.07 Å². The normalized spacial score (nSPS) is 11.3. The number of hydrogen-bond donors (Lipinski definition) is 1. The van der Waals surface area contributed by atoms with Crippen molar-refractivity contribution in [3.8, 4) is 0 Å². The van der Waals surface area contributed by atoms with E-state index < -0.39 is 8.07 Å². The van der Waals surface area contributed by atoms with Gasteiger partial charge in [0.2, 0.25) is 0 Å². The third kappa shape index (κ3) is 2.45. The van der Waals surface area contributed by atoms with E-state index in [0.29, 0.717) is 5.38 Å². The van der Waals surface area contributed by atoms with Crippen LogP contribution in [0.4, 0.5) is 0 Å². The molecule has 0 aromatic rings. The Balaban J connectivity index is 3.79. The minimum atomic E-state index is -1.37. The fourth-order valence-corrected chi connectivity index (χ4v) is 0. The molecule has 0 saturated heterocycles. The molecule has 0 saturated carbocycles. The Morgan fingerprint density at radius 1 is 1.43 bits per heavy atom. The molecule has 0 aliphatic rings. The highest BCUT2D eigenvalue weighted by molar-refractivity contribution is 6.82. The molecular formula is C5H12OSi. The van der Waals surface area contributed by atoms with Crippen molar-refractivity contribution in [1.29, 1.82) is 0 Å². The first kappa shape index (κ1) is 6.76. The van der Waals surface area contributed by atoms with E-state index in [0.717, 1.165) is 0 Å². The number of aliphatic hydroxyl groups is 1. The van der Waals surface area contributed by atoms with Gasteiger partial charge in [0.25, 0.3) is 0 Å². The molecule has 42 valence electrons. The fourth-order valence-electron chi connectivity index (χ4n) is 0. The monoisotopic (exact) mass is 116 g/mol. The number of hydrogen-bond acceptors (Lipinski definition) is 1. The number of rotatable bonds is 1. The average molecular weight is 116 g/mol. The van der Waals surface area contributed by atoms with E-state index in [-0.39, 0.29) is 0 Å². The van der Waals surface area contributed by atoms with Gasteiger partial charge in [-0.15, -0.1) is 0 Å². The summed E-state index contributed by atoms with van der Waals surface area (Å²) in [5.74, 6) is 0. The molecule has 0 unspecified atom stereocenters. The topological polar surface area (TPSA) is 20.2 Å². The second-order valence-corrected chi connectivity index (χ2v) is 7.77. The van der Waals surface area contributed by atoms with Gasteiger partial charge in [-0.2, -0.15) is 0 Å². The summed E-state index contributed by atoms with van der Waals surface area (Å²) in [4.78, 5) is 0. The Hall–Kier alpha value is -0.243. The maximum atomic E-state index is 8.76. The Morgan fingerprint density at radius 3 is 1.57 bits per heavy atom. The van der Waals surface area contributed by atoms with Crippen LogP contribution in [-0.2, 0) is 0 Å². The van der Waals surface area contributed by atoms with Crippen LogP contribution < -0.4 is 0 Å². The minimum absolute atomic E-state index is 0.382. The van der Waals surface area contributed by atoms with Crippen molar-refractivity contribution in [2.24, 2.45) is 0 Å². The van der Waals surface area contributed by atoms with Gasteiger partial charge in [-0.3, -0.25) is 0 Å². The van der Waals surface area contributed by atoms with Crippen molar-refractivity contribution < 1.29 is 5.11 Å². The second-order valence-electron chi connectivity index (χ2n) is 2.70. The first-order valence-corrected chi connectivity index (χ1v) is 5.83. The SMILES string of the molecule is C=C(O)[Si](C)(C)C. The maximum absolute atomic E-state index is 8.76. The van der Waals surface area contributed by atoms with Gasteiger partial charge in [-0.05, 0) is 0 Å². The van der Waals surface area contributed by atoms with Crippen LogP contribution in [0.3, 0.4) is 0 Å². The second kappa shape index (κ2) is 1.70. The van der Waals surface area contributed by atoms with Crippen LogP contribution in [0.2, 0.25) is 19.6 Å². The van der Waals surface area contributed by atoms with Crippen LogP contribution in [0.15, 0.2) is 12.0 Å². The molecule has 0 aromatic carbocycles. The lowest BCUT2D eigenvalue weighted by Crippen LogP contribution is -2.22. The van der Waals surface area contributed by atoms with E-state index in [4.69, 9.17) is 5.11 Å². The summed E-state index contributed by atoms with van der Waals surface area (Å²) in [6.45, 7) is 9.60.